The van der Waals surface area contributed by atoms with Crippen LogP contribution in [0.2, 0.25) is 0 Å². The number of morpholine rings is 1. The molecule has 0 amide bonds. The molecule has 0 bridgehead atoms. The average Bonchev–Trinajstić information content (AvgIpc) is 3.07. The summed E-state index contributed by atoms with van der Waals surface area (Å²) in [5.74, 6) is 0. The van der Waals surface area contributed by atoms with E-state index in [0.29, 0.717) is 13.1 Å². The minimum atomic E-state index is -3.56. The fourth-order valence-electron chi connectivity index (χ4n) is 4.00. The summed E-state index contributed by atoms with van der Waals surface area (Å²) in [6, 6.07) is 8.11. The molecule has 0 unspecified atom stereocenters. The summed E-state index contributed by atoms with van der Waals surface area (Å²) in [5, 5.41) is 9.53. The van der Waals surface area contributed by atoms with E-state index < -0.39 is 10.2 Å². The van der Waals surface area contributed by atoms with Crippen molar-refractivity contribution < 1.29 is 18.3 Å². The maximum atomic E-state index is 12.7. The van der Waals surface area contributed by atoms with Crippen molar-refractivity contribution >= 4 is 10.2 Å². The van der Waals surface area contributed by atoms with Gasteiger partial charge in [0.15, 0.2) is 0 Å². The zero-order valence-corrected chi connectivity index (χ0v) is 17.0. The minimum Gasteiger partial charge on any atom is -0.395 e. The van der Waals surface area contributed by atoms with E-state index in [1.54, 1.807) is 0 Å². The molecule has 0 aromatic heterocycles. The van der Waals surface area contributed by atoms with Crippen molar-refractivity contribution in [3.63, 3.8) is 0 Å². The largest absolute Gasteiger partial charge is 0.395 e. The van der Waals surface area contributed by atoms with Gasteiger partial charge in [-0.3, -0.25) is 4.90 Å². The Balaban J connectivity index is 1.65. The summed E-state index contributed by atoms with van der Waals surface area (Å²) >= 11 is 0. The zero-order valence-electron chi connectivity index (χ0n) is 16.2. The molecule has 7 nitrogen and oxygen atoms in total. The van der Waals surface area contributed by atoms with Gasteiger partial charge >= 0.3 is 0 Å². The van der Waals surface area contributed by atoms with Gasteiger partial charge in [0.05, 0.1) is 18.8 Å². The van der Waals surface area contributed by atoms with Crippen LogP contribution in [0.5, 0.6) is 0 Å². The monoisotopic (exact) mass is 397 g/mol. The zero-order chi connectivity index (χ0) is 19.4. The van der Waals surface area contributed by atoms with Crippen molar-refractivity contribution in [3.05, 3.63) is 35.4 Å². The van der Waals surface area contributed by atoms with E-state index in [0.717, 1.165) is 37.1 Å². The lowest BCUT2D eigenvalue weighted by Gasteiger charge is -2.34. The van der Waals surface area contributed by atoms with Crippen LogP contribution in [-0.2, 0) is 28.0 Å². The highest BCUT2D eigenvalue weighted by Crippen LogP contribution is 2.22. The fourth-order valence-corrected chi connectivity index (χ4v) is 5.33. The van der Waals surface area contributed by atoms with Gasteiger partial charge in [0.2, 0.25) is 0 Å². The van der Waals surface area contributed by atoms with Gasteiger partial charge < -0.3 is 9.84 Å². The summed E-state index contributed by atoms with van der Waals surface area (Å²) in [6.45, 7) is 6.64. The molecule has 2 N–H and O–H groups in total. The third-order valence-electron chi connectivity index (χ3n) is 5.37. The van der Waals surface area contributed by atoms with Crippen molar-refractivity contribution in [2.24, 2.45) is 0 Å². The van der Waals surface area contributed by atoms with E-state index in [4.69, 9.17) is 4.74 Å². The number of benzene rings is 1. The Morgan fingerprint density at radius 3 is 2.52 bits per heavy atom. The van der Waals surface area contributed by atoms with Crippen LogP contribution >= 0.6 is 0 Å². The smallest absolute Gasteiger partial charge is 0.279 e. The van der Waals surface area contributed by atoms with Gasteiger partial charge in [-0.2, -0.15) is 17.4 Å². The highest BCUT2D eigenvalue weighted by Gasteiger charge is 2.31. The quantitative estimate of drug-likeness (QED) is 0.720. The minimum absolute atomic E-state index is 0.108. The first-order chi connectivity index (χ1) is 12.9. The molecule has 152 valence electrons. The molecule has 3 atom stereocenters. The average molecular weight is 398 g/mol. The normalized spacial score (nSPS) is 27.9. The molecular weight excluding hydrogens is 366 g/mol. The Labute approximate surface area is 162 Å². The number of hydrogen-bond donors (Lipinski definition) is 2. The van der Waals surface area contributed by atoms with E-state index in [1.807, 2.05) is 38.1 Å². The predicted molar refractivity (Wildman–Crippen MR) is 104 cm³/mol. The molecule has 0 saturated carbocycles. The molecule has 2 fully saturated rings. The fraction of sp³-hybridized carbons (Fsp3) is 0.684. The number of hydrogen-bond acceptors (Lipinski definition) is 5. The maximum absolute atomic E-state index is 12.7. The number of nitrogens with one attached hydrogen (secondary N) is 1. The first-order valence-electron chi connectivity index (χ1n) is 9.71. The lowest BCUT2D eigenvalue weighted by atomic mass is 10.1. The Morgan fingerprint density at radius 2 is 1.85 bits per heavy atom. The number of aliphatic hydroxyl groups is 1. The van der Waals surface area contributed by atoms with Crippen LogP contribution < -0.4 is 4.72 Å². The molecule has 3 rings (SSSR count). The van der Waals surface area contributed by atoms with Crippen LogP contribution in [0.4, 0.5) is 0 Å². The summed E-state index contributed by atoms with van der Waals surface area (Å²) in [7, 11) is -3.56. The molecule has 1 aromatic rings. The van der Waals surface area contributed by atoms with E-state index in [-0.39, 0.29) is 31.4 Å². The Morgan fingerprint density at radius 1 is 1.19 bits per heavy atom. The second kappa shape index (κ2) is 8.98. The standard InChI is InChI=1S/C19H31N3O4S/c1-15-11-22(12-16(2)26-15)27(24,25)20-10-17-6-3-4-7-18(17)13-21-9-5-8-19(21)14-23/h3-4,6-7,15-16,19-20,23H,5,8-14H2,1-2H3/t15-,16+,19-/m0/s1. The van der Waals surface area contributed by atoms with Gasteiger partial charge in [-0.15, -0.1) is 0 Å². The van der Waals surface area contributed by atoms with Crippen LogP contribution in [0, 0.1) is 0 Å². The molecular formula is C19H31N3O4S. The Hall–Kier alpha value is -1.03. The van der Waals surface area contributed by atoms with Gasteiger partial charge in [0.1, 0.15) is 0 Å². The van der Waals surface area contributed by atoms with E-state index in [9.17, 15) is 13.5 Å². The summed E-state index contributed by atoms with van der Waals surface area (Å²) < 4.78 is 35.3. The van der Waals surface area contributed by atoms with Gasteiger partial charge in [-0.1, -0.05) is 24.3 Å². The lowest BCUT2D eigenvalue weighted by Crippen LogP contribution is -2.51. The van der Waals surface area contributed by atoms with Crippen LogP contribution in [-0.4, -0.2) is 67.2 Å². The maximum Gasteiger partial charge on any atom is 0.279 e. The number of nitrogens with zero attached hydrogens (tertiary/aromatic N) is 2. The molecule has 0 spiro atoms. The highest BCUT2D eigenvalue weighted by molar-refractivity contribution is 7.87. The van der Waals surface area contributed by atoms with Crippen molar-refractivity contribution in [2.75, 3.05) is 26.2 Å². The first kappa shape index (κ1) is 20.7. The lowest BCUT2D eigenvalue weighted by molar-refractivity contribution is -0.0444. The van der Waals surface area contributed by atoms with Crippen molar-refractivity contribution in [3.8, 4) is 0 Å². The number of ether oxygens (including phenoxy) is 1. The van der Waals surface area contributed by atoms with E-state index in [1.165, 1.54) is 4.31 Å². The number of likely N-dealkylation sites (tertiary alicyclic amines) is 1. The predicted octanol–water partition coefficient (Wildman–Crippen LogP) is 1.09. The SMILES string of the molecule is C[C@@H]1CN(S(=O)(=O)NCc2ccccc2CN2CCC[C@H]2CO)C[C@H](C)O1. The first-order valence-corrected chi connectivity index (χ1v) is 11.1. The molecule has 27 heavy (non-hydrogen) atoms. The van der Waals surface area contributed by atoms with Crippen molar-refractivity contribution in [1.29, 1.82) is 0 Å². The van der Waals surface area contributed by atoms with E-state index in [2.05, 4.69) is 9.62 Å². The van der Waals surface area contributed by atoms with Crippen LogP contribution in [0.25, 0.3) is 0 Å². The van der Waals surface area contributed by atoms with Crippen LogP contribution in [0.3, 0.4) is 0 Å². The molecule has 1 aromatic carbocycles. The second-order valence-electron chi connectivity index (χ2n) is 7.62. The number of rotatable bonds is 7. The van der Waals surface area contributed by atoms with Gasteiger partial charge in [-0.25, -0.2) is 0 Å². The van der Waals surface area contributed by atoms with Crippen LogP contribution in [0.15, 0.2) is 24.3 Å². The van der Waals surface area contributed by atoms with E-state index >= 15 is 0 Å². The van der Waals surface area contributed by atoms with Gasteiger partial charge in [0.25, 0.3) is 10.2 Å². The highest BCUT2D eigenvalue weighted by atomic mass is 32.2. The van der Waals surface area contributed by atoms with Crippen molar-refractivity contribution in [1.82, 2.24) is 13.9 Å². The second-order valence-corrected chi connectivity index (χ2v) is 9.37. The number of aliphatic hydroxyl groups excluding tert-OH is 1. The molecule has 8 heteroatoms. The summed E-state index contributed by atoms with van der Waals surface area (Å²) in [4.78, 5) is 2.28. The summed E-state index contributed by atoms with van der Waals surface area (Å²) in [5.41, 5.74) is 2.07. The Kier molecular flexibility index (Phi) is 6.88. The van der Waals surface area contributed by atoms with Gasteiger partial charge in [-0.05, 0) is 44.4 Å². The molecule has 2 aliphatic heterocycles. The van der Waals surface area contributed by atoms with Crippen LogP contribution in [0.1, 0.15) is 37.8 Å². The Bertz CT molecular complexity index is 717. The van der Waals surface area contributed by atoms with Gasteiger partial charge in [0, 0.05) is 32.2 Å². The molecule has 2 heterocycles. The molecule has 2 saturated heterocycles. The summed E-state index contributed by atoms with van der Waals surface area (Å²) in [6.07, 6.45) is 1.89. The molecule has 0 aliphatic carbocycles. The third-order valence-corrected chi connectivity index (χ3v) is 6.86. The third kappa shape index (κ3) is 5.28. The molecule has 2 aliphatic rings. The topological polar surface area (TPSA) is 82.1 Å². The van der Waals surface area contributed by atoms with Crippen molar-refractivity contribution in [2.45, 2.75) is 58.0 Å². The molecule has 0 radical (unpaired) electrons.